The number of piperidine rings is 1. The number of amides is 2. The smallest absolute Gasteiger partial charge is 0.319 e. The number of anilines is 2. The first kappa shape index (κ1) is 16.8. The van der Waals surface area contributed by atoms with Crippen LogP contribution < -0.4 is 15.5 Å². The van der Waals surface area contributed by atoms with Crippen LogP contribution in [0.4, 0.5) is 16.3 Å². The van der Waals surface area contributed by atoms with E-state index in [-0.39, 0.29) is 6.03 Å². The molecule has 3 rings (SSSR count). The lowest BCUT2D eigenvalue weighted by Crippen LogP contribution is -2.33. The van der Waals surface area contributed by atoms with Crippen LogP contribution in [0.3, 0.4) is 0 Å². The molecular weight excluding hydrogens is 368 g/mol. The highest BCUT2D eigenvalue weighted by Crippen LogP contribution is 2.21. The van der Waals surface area contributed by atoms with E-state index in [1.165, 1.54) is 19.3 Å². The molecule has 0 spiro atoms. The van der Waals surface area contributed by atoms with Crippen LogP contribution in [0.2, 0.25) is 0 Å². The van der Waals surface area contributed by atoms with Gasteiger partial charge in [0.2, 0.25) is 0 Å². The van der Waals surface area contributed by atoms with E-state index in [1.807, 2.05) is 42.6 Å². The number of rotatable bonds is 4. The van der Waals surface area contributed by atoms with E-state index < -0.39 is 0 Å². The van der Waals surface area contributed by atoms with Crippen LogP contribution in [-0.2, 0) is 6.54 Å². The second-order valence-corrected chi connectivity index (χ2v) is 6.76. The predicted octanol–water partition coefficient (Wildman–Crippen LogP) is 4.16. The topological polar surface area (TPSA) is 57.3 Å². The van der Waals surface area contributed by atoms with Gasteiger partial charge in [-0.3, -0.25) is 0 Å². The fraction of sp³-hybridized carbons (Fsp3) is 0.333. The van der Waals surface area contributed by atoms with Gasteiger partial charge in [-0.05, 0) is 49.6 Å². The summed E-state index contributed by atoms with van der Waals surface area (Å²) >= 11 is 3.38. The average molecular weight is 389 g/mol. The van der Waals surface area contributed by atoms with Gasteiger partial charge in [0, 0.05) is 41.6 Å². The van der Waals surface area contributed by atoms with Gasteiger partial charge in [-0.2, -0.15) is 0 Å². The van der Waals surface area contributed by atoms with E-state index >= 15 is 0 Å². The van der Waals surface area contributed by atoms with Crippen LogP contribution in [0.15, 0.2) is 47.1 Å². The minimum Gasteiger partial charge on any atom is -0.356 e. The lowest BCUT2D eigenvalue weighted by Gasteiger charge is -2.29. The number of aromatic nitrogens is 1. The quantitative estimate of drug-likeness (QED) is 0.826. The van der Waals surface area contributed by atoms with Gasteiger partial charge in [0.15, 0.2) is 0 Å². The molecule has 1 aromatic heterocycles. The Morgan fingerprint density at radius 2 is 1.88 bits per heavy atom. The molecule has 1 aliphatic rings. The third kappa shape index (κ3) is 4.47. The number of benzene rings is 1. The van der Waals surface area contributed by atoms with Crippen molar-refractivity contribution in [2.24, 2.45) is 0 Å². The SMILES string of the molecule is O=C(NCc1cccnc1N1CCCCC1)Nc1ccc(Br)cc1. The van der Waals surface area contributed by atoms with Crippen molar-refractivity contribution in [1.29, 1.82) is 0 Å². The first-order chi connectivity index (χ1) is 11.7. The normalized spacial score (nSPS) is 14.3. The van der Waals surface area contributed by atoms with Gasteiger partial charge >= 0.3 is 6.03 Å². The van der Waals surface area contributed by atoms with E-state index in [0.29, 0.717) is 6.54 Å². The van der Waals surface area contributed by atoms with Gasteiger partial charge in [-0.25, -0.2) is 9.78 Å². The van der Waals surface area contributed by atoms with Crippen molar-refractivity contribution < 1.29 is 4.79 Å². The maximum atomic E-state index is 12.1. The summed E-state index contributed by atoms with van der Waals surface area (Å²) in [6, 6.07) is 11.2. The zero-order valence-electron chi connectivity index (χ0n) is 13.5. The van der Waals surface area contributed by atoms with Gasteiger partial charge in [-0.1, -0.05) is 22.0 Å². The molecule has 5 nitrogen and oxygen atoms in total. The number of pyridine rings is 1. The van der Waals surface area contributed by atoms with E-state index in [4.69, 9.17) is 0 Å². The molecule has 1 saturated heterocycles. The number of nitrogens with zero attached hydrogens (tertiary/aromatic N) is 2. The highest BCUT2D eigenvalue weighted by Gasteiger charge is 2.15. The van der Waals surface area contributed by atoms with Crippen LogP contribution in [-0.4, -0.2) is 24.1 Å². The Bertz CT molecular complexity index is 684. The first-order valence-corrected chi connectivity index (χ1v) is 9.01. The van der Waals surface area contributed by atoms with E-state index in [0.717, 1.165) is 34.6 Å². The molecular formula is C18H21BrN4O. The second kappa shape index (κ2) is 8.15. The molecule has 0 unspecified atom stereocenters. The zero-order valence-corrected chi connectivity index (χ0v) is 15.1. The molecule has 1 aromatic carbocycles. The minimum absolute atomic E-state index is 0.217. The largest absolute Gasteiger partial charge is 0.356 e. The third-order valence-corrected chi connectivity index (χ3v) is 4.59. The summed E-state index contributed by atoms with van der Waals surface area (Å²) in [6.07, 6.45) is 5.50. The summed E-state index contributed by atoms with van der Waals surface area (Å²) < 4.78 is 0.981. The summed E-state index contributed by atoms with van der Waals surface area (Å²) in [5.41, 5.74) is 1.81. The molecule has 126 valence electrons. The molecule has 0 saturated carbocycles. The maximum Gasteiger partial charge on any atom is 0.319 e. The molecule has 2 aromatic rings. The van der Waals surface area contributed by atoms with Crippen molar-refractivity contribution in [3.63, 3.8) is 0 Å². The fourth-order valence-electron chi connectivity index (χ4n) is 2.84. The molecule has 2 amide bonds. The van der Waals surface area contributed by atoms with Crippen molar-refractivity contribution in [2.45, 2.75) is 25.8 Å². The summed E-state index contributed by atoms with van der Waals surface area (Å²) in [5.74, 6) is 0.987. The van der Waals surface area contributed by atoms with E-state index in [9.17, 15) is 4.79 Å². The van der Waals surface area contributed by atoms with Crippen LogP contribution in [0.5, 0.6) is 0 Å². The van der Waals surface area contributed by atoms with Gasteiger partial charge in [0.1, 0.15) is 5.82 Å². The molecule has 6 heteroatoms. The van der Waals surface area contributed by atoms with Crippen LogP contribution in [0, 0.1) is 0 Å². The molecule has 0 atom stereocenters. The number of carbonyl (C=O) groups excluding carboxylic acids is 1. The summed E-state index contributed by atoms with van der Waals surface area (Å²) in [6.45, 7) is 2.53. The Morgan fingerprint density at radius 1 is 1.12 bits per heavy atom. The molecule has 2 heterocycles. The predicted molar refractivity (Wildman–Crippen MR) is 100 cm³/mol. The summed E-state index contributed by atoms with van der Waals surface area (Å²) in [5, 5.41) is 5.75. The average Bonchev–Trinajstić information content (AvgIpc) is 2.63. The number of hydrogen-bond donors (Lipinski definition) is 2. The van der Waals surface area contributed by atoms with E-state index in [1.54, 1.807) is 0 Å². The highest BCUT2D eigenvalue weighted by molar-refractivity contribution is 9.10. The van der Waals surface area contributed by atoms with E-state index in [2.05, 4.69) is 36.4 Å². The number of hydrogen-bond acceptors (Lipinski definition) is 3. The summed E-state index contributed by atoms with van der Waals surface area (Å²) in [7, 11) is 0. The van der Waals surface area contributed by atoms with Crippen LogP contribution in [0.25, 0.3) is 0 Å². The van der Waals surface area contributed by atoms with Crippen molar-refractivity contribution in [3.8, 4) is 0 Å². The molecule has 1 aliphatic heterocycles. The molecule has 0 bridgehead atoms. The number of carbonyl (C=O) groups is 1. The Morgan fingerprint density at radius 3 is 2.62 bits per heavy atom. The fourth-order valence-corrected chi connectivity index (χ4v) is 3.11. The summed E-state index contributed by atoms with van der Waals surface area (Å²) in [4.78, 5) is 18.9. The Hall–Kier alpha value is -2.08. The molecule has 0 aliphatic carbocycles. The van der Waals surface area contributed by atoms with Crippen molar-refractivity contribution in [2.75, 3.05) is 23.3 Å². The van der Waals surface area contributed by atoms with Gasteiger partial charge in [0.05, 0.1) is 0 Å². The zero-order chi connectivity index (χ0) is 16.8. The Labute approximate surface area is 150 Å². The number of halogens is 1. The lowest BCUT2D eigenvalue weighted by atomic mass is 10.1. The van der Waals surface area contributed by atoms with Crippen molar-refractivity contribution in [1.82, 2.24) is 10.3 Å². The Kier molecular flexibility index (Phi) is 5.69. The molecule has 2 N–H and O–H groups in total. The second-order valence-electron chi connectivity index (χ2n) is 5.85. The van der Waals surface area contributed by atoms with Gasteiger partial charge < -0.3 is 15.5 Å². The lowest BCUT2D eigenvalue weighted by molar-refractivity contribution is 0.251. The van der Waals surface area contributed by atoms with Crippen molar-refractivity contribution >= 4 is 33.5 Å². The standard InChI is InChI=1S/C18H21BrN4O/c19-15-6-8-16(9-7-15)22-18(24)21-13-14-5-4-10-20-17(14)23-11-2-1-3-12-23/h4-10H,1-3,11-13H2,(H2,21,22,24). The third-order valence-electron chi connectivity index (χ3n) is 4.06. The number of urea groups is 1. The molecule has 1 fully saturated rings. The highest BCUT2D eigenvalue weighted by atomic mass is 79.9. The first-order valence-electron chi connectivity index (χ1n) is 8.21. The molecule has 24 heavy (non-hydrogen) atoms. The molecule has 0 radical (unpaired) electrons. The minimum atomic E-state index is -0.217. The Balaban J connectivity index is 1.59. The monoisotopic (exact) mass is 388 g/mol. The van der Waals surface area contributed by atoms with Crippen LogP contribution in [0.1, 0.15) is 24.8 Å². The van der Waals surface area contributed by atoms with Crippen LogP contribution >= 0.6 is 15.9 Å². The van der Waals surface area contributed by atoms with Gasteiger partial charge in [0.25, 0.3) is 0 Å². The number of nitrogens with one attached hydrogen (secondary N) is 2. The van der Waals surface area contributed by atoms with Crippen molar-refractivity contribution in [3.05, 3.63) is 52.6 Å². The maximum absolute atomic E-state index is 12.1. The van der Waals surface area contributed by atoms with Gasteiger partial charge in [-0.15, -0.1) is 0 Å².